The topological polar surface area (TPSA) is 60.9 Å². The van der Waals surface area contributed by atoms with E-state index in [-0.39, 0.29) is 12.1 Å². The Labute approximate surface area is 152 Å². The van der Waals surface area contributed by atoms with Crippen LogP contribution in [-0.2, 0) is 6.54 Å². The Morgan fingerprint density at radius 1 is 1.12 bits per heavy atom. The first-order chi connectivity index (χ1) is 12.1. The zero-order chi connectivity index (χ0) is 17.4. The fourth-order valence-electron chi connectivity index (χ4n) is 2.57. The first-order valence-electron chi connectivity index (χ1n) is 7.46. The Morgan fingerprint density at radius 3 is 2.72 bits per heavy atom. The van der Waals surface area contributed by atoms with Gasteiger partial charge in [0.15, 0.2) is 0 Å². The molecule has 0 fully saturated rings. The van der Waals surface area contributed by atoms with Crippen molar-refractivity contribution in [2.45, 2.75) is 6.54 Å². The second-order valence-corrected chi connectivity index (χ2v) is 6.32. The van der Waals surface area contributed by atoms with Crippen molar-refractivity contribution in [1.82, 2.24) is 14.5 Å². The van der Waals surface area contributed by atoms with Crippen LogP contribution in [0.25, 0.3) is 22.4 Å². The van der Waals surface area contributed by atoms with Crippen molar-refractivity contribution in [2.24, 2.45) is 0 Å². The first kappa shape index (κ1) is 15.9. The quantitative estimate of drug-likeness (QED) is 0.535. The SMILES string of the molecule is O=c1c2cc(Cl)cc(Cl)c2ncn1Cc1coc(-c2ccccc2)n1. The van der Waals surface area contributed by atoms with Crippen molar-refractivity contribution < 1.29 is 4.42 Å². The van der Waals surface area contributed by atoms with Crippen LogP contribution in [0, 0.1) is 0 Å². The number of hydrogen-bond donors (Lipinski definition) is 0. The summed E-state index contributed by atoms with van der Waals surface area (Å²) in [7, 11) is 0. The van der Waals surface area contributed by atoms with Gasteiger partial charge in [-0.05, 0) is 24.3 Å². The summed E-state index contributed by atoms with van der Waals surface area (Å²) < 4.78 is 6.95. The van der Waals surface area contributed by atoms with Crippen LogP contribution in [-0.4, -0.2) is 14.5 Å². The Morgan fingerprint density at radius 2 is 1.92 bits per heavy atom. The molecule has 0 saturated heterocycles. The highest BCUT2D eigenvalue weighted by Crippen LogP contribution is 2.24. The average Bonchev–Trinajstić information content (AvgIpc) is 3.07. The number of halogens is 2. The summed E-state index contributed by atoms with van der Waals surface area (Å²) >= 11 is 12.1. The lowest BCUT2D eigenvalue weighted by Gasteiger charge is -2.06. The van der Waals surface area contributed by atoms with Gasteiger partial charge in [0, 0.05) is 10.6 Å². The maximum Gasteiger partial charge on any atom is 0.261 e. The zero-order valence-electron chi connectivity index (χ0n) is 12.8. The lowest BCUT2D eigenvalue weighted by molar-refractivity contribution is 0.571. The molecule has 2 aromatic heterocycles. The van der Waals surface area contributed by atoms with Gasteiger partial charge in [-0.15, -0.1) is 0 Å². The van der Waals surface area contributed by atoms with E-state index in [1.54, 1.807) is 12.1 Å². The van der Waals surface area contributed by atoms with Gasteiger partial charge in [-0.3, -0.25) is 9.36 Å². The van der Waals surface area contributed by atoms with E-state index >= 15 is 0 Å². The largest absolute Gasteiger partial charge is 0.444 e. The lowest BCUT2D eigenvalue weighted by Crippen LogP contribution is -2.21. The number of aromatic nitrogens is 3. The number of oxazole rings is 1. The molecule has 7 heteroatoms. The average molecular weight is 372 g/mol. The summed E-state index contributed by atoms with van der Waals surface area (Å²) in [6.45, 7) is 0.238. The Bertz CT molecular complexity index is 1120. The van der Waals surface area contributed by atoms with Crippen LogP contribution in [0.3, 0.4) is 0 Å². The third kappa shape index (κ3) is 3.04. The van der Waals surface area contributed by atoms with Crippen LogP contribution >= 0.6 is 23.2 Å². The zero-order valence-corrected chi connectivity index (χ0v) is 14.3. The number of nitrogens with zero attached hydrogens (tertiary/aromatic N) is 3. The van der Waals surface area contributed by atoms with Gasteiger partial charge in [-0.25, -0.2) is 9.97 Å². The molecule has 4 rings (SSSR count). The number of fused-ring (bicyclic) bond motifs is 1. The van der Waals surface area contributed by atoms with Crippen molar-refractivity contribution >= 4 is 34.1 Å². The second-order valence-electron chi connectivity index (χ2n) is 5.47. The Hall–Kier alpha value is -2.63. The number of rotatable bonds is 3. The summed E-state index contributed by atoms with van der Waals surface area (Å²) in [5.74, 6) is 0.503. The predicted molar refractivity (Wildman–Crippen MR) is 97.1 cm³/mol. The fraction of sp³-hybridized carbons (Fsp3) is 0.0556. The molecule has 25 heavy (non-hydrogen) atoms. The highest BCUT2D eigenvalue weighted by atomic mass is 35.5. The van der Waals surface area contributed by atoms with E-state index in [4.69, 9.17) is 27.6 Å². The summed E-state index contributed by atoms with van der Waals surface area (Å²) in [6, 6.07) is 12.7. The summed E-state index contributed by atoms with van der Waals surface area (Å²) in [4.78, 5) is 21.3. The van der Waals surface area contributed by atoms with Gasteiger partial charge < -0.3 is 4.42 Å². The van der Waals surface area contributed by atoms with Crippen molar-refractivity contribution in [3.05, 3.63) is 81.1 Å². The molecule has 0 aliphatic heterocycles. The number of benzene rings is 2. The minimum absolute atomic E-state index is 0.237. The van der Waals surface area contributed by atoms with Gasteiger partial charge in [0.05, 0.1) is 34.5 Å². The van der Waals surface area contributed by atoms with Crippen molar-refractivity contribution in [3.8, 4) is 11.5 Å². The molecular weight excluding hydrogens is 361 g/mol. The number of hydrogen-bond acceptors (Lipinski definition) is 4. The van der Waals surface area contributed by atoms with E-state index in [2.05, 4.69) is 9.97 Å². The van der Waals surface area contributed by atoms with E-state index in [1.165, 1.54) is 17.2 Å². The van der Waals surface area contributed by atoms with E-state index in [0.717, 1.165) is 5.56 Å². The van der Waals surface area contributed by atoms with E-state index < -0.39 is 0 Å². The molecule has 0 aliphatic rings. The molecule has 0 N–H and O–H groups in total. The fourth-order valence-corrected chi connectivity index (χ4v) is 3.12. The minimum Gasteiger partial charge on any atom is -0.444 e. The standard InChI is InChI=1S/C18H11Cl2N3O2/c19-12-6-14-16(15(20)7-12)21-10-23(18(14)24)8-13-9-25-17(22-13)11-4-2-1-3-5-11/h1-7,9-10H,8H2. The van der Waals surface area contributed by atoms with Gasteiger partial charge in [0.2, 0.25) is 5.89 Å². The van der Waals surface area contributed by atoms with Crippen LogP contribution in [0.15, 0.2) is 64.3 Å². The molecule has 2 heterocycles. The monoisotopic (exact) mass is 371 g/mol. The highest BCUT2D eigenvalue weighted by Gasteiger charge is 2.11. The van der Waals surface area contributed by atoms with Gasteiger partial charge >= 0.3 is 0 Å². The molecule has 0 atom stereocenters. The maximum absolute atomic E-state index is 12.7. The van der Waals surface area contributed by atoms with E-state index in [0.29, 0.717) is 32.5 Å². The lowest BCUT2D eigenvalue weighted by atomic mass is 10.2. The molecule has 5 nitrogen and oxygen atoms in total. The molecule has 0 spiro atoms. The predicted octanol–water partition coefficient (Wildman–Crippen LogP) is 4.41. The first-order valence-corrected chi connectivity index (χ1v) is 8.21. The minimum atomic E-state index is -0.237. The summed E-state index contributed by atoms with van der Waals surface area (Å²) in [5.41, 5.74) is 1.68. The summed E-state index contributed by atoms with van der Waals surface area (Å²) in [6.07, 6.45) is 2.98. The van der Waals surface area contributed by atoms with Gasteiger partial charge in [-0.1, -0.05) is 41.4 Å². The Balaban J connectivity index is 1.71. The third-order valence-electron chi connectivity index (χ3n) is 3.75. The molecule has 0 radical (unpaired) electrons. The van der Waals surface area contributed by atoms with Crippen LogP contribution in [0.2, 0.25) is 10.0 Å². The smallest absolute Gasteiger partial charge is 0.261 e. The van der Waals surface area contributed by atoms with Crippen molar-refractivity contribution in [1.29, 1.82) is 0 Å². The molecule has 0 bridgehead atoms. The molecule has 2 aromatic carbocycles. The van der Waals surface area contributed by atoms with Crippen molar-refractivity contribution in [3.63, 3.8) is 0 Å². The van der Waals surface area contributed by atoms with Gasteiger partial charge in [0.1, 0.15) is 6.26 Å². The van der Waals surface area contributed by atoms with E-state index in [1.807, 2.05) is 30.3 Å². The van der Waals surface area contributed by atoms with Crippen LogP contribution in [0.1, 0.15) is 5.69 Å². The normalized spacial score (nSPS) is 11.1. The van der Waals surface area contributed by atoms with Gasteiger partial charge in [-0.2, -0.15) is 0 Å². The van der Waals surface area contributed by atoms with Gasteiger partial charge in [0.25, 0.3) is 5.56 Å². The van der Waals surface area contributed by atoms with Crippen LogP contribution in [0.5, 0.6) is 0 Å². The Kier molecular flexibility index (Phi) is 4.03. The second kappa shape index (κ2) is 6.35. The molecule has 4 aromatic rings. The highest BCUT2D eigenvalue weighted by molar-refractivity contribution is 6.38. The van der Waals surface area contributed by atoms with E-state index in [9.17, 15) is 4.79 Å². The third-order valence-corrected chi connectivity index (χ3v) is 4.26. The molecule has 0 saturated carbocycles. The van der Waals surface area contributed by atoms with Crippen molar-refractivity contribution in [2.75, 3.05) is 0 Å². The maximum atomic E-state index is 12.7. The van der Waals surface area contributed by atoms with Crippen LogP contribution in [0.4, 0.5) is 0 Å². The molecule has 0 unspecified atom stereocenters. The molecule has 124 valence electrons. The molecule has 0 amide bonds. The van der Waals surface area contributed by atoms with Crippen LogP contribution < -0.4 is 5.56 Å². The molecule has 0 aliphatic carbocycles. The summed E-state index contributed by atoms with van der Waals surface area (Å²) in [5, 5.41) is 1.10. The molecular formula is C18H11Cl2N3O2.